The maximum absolute atomic E-state index is 14.2. The van der Waals surface area contributed by atoms with Gasteiger partial charge in [-0.1, -0.05) is 30.4 Å². The van der Waals surface area contributed by atoms with Crippen molar-refractivity contribution in [2.45, 2.75) is 70.6 Å². The van der Waals surface area contributed by atoms with E-state index in [2.05, 4.69) is 35.9 Å². The van der Waals surface area contributed by atoms with Gasteiger partial charge in [-0.15, -0.1) is 13.2 Å². The van der Waals surface area contributed by atoms with E-state index < -0.39 is 17.9 Å². The zero-order valence-electron chi connectivity index (χ0n) is 17.8. The highest BCUT2D eigenvalue weighted by molar-refractivity contribution is 5.46. The van der Waals surface area contributed by atoms with Gasteiger partial charge in [-0.2, -0.15) is 0 Å². The molecule has 2 atom stereocenters. The van der Waals surface area contributed by atoms with Gasteiger partial charge < -0.3 is 4.74 Å². The van der Waals surface area contributed by atoms with Crippen LogP contribution in [0.25, 0.3) is 0 Å². The van der Waals surface area contributed by atoms with Gasteiger partial charge in [0.2, 0.25) is 0 Å². The average molecular weight is 433 g/mol. The van der Waals surface area contributed by atoms with Crippen LogP contribution in [0.15, 0.2) is 42.5 Å². The first-order chi connectivity index (χ1) is 14.8. The molecule has 2 unspecified atom stereocenters. The van der Waals surface area contributed by atoms with Gasteiger partial charge in [-0.25, -0.2) is 4.39 Å². The molecule has 2 aliphatic carbocycles. The quantitative estimate of drug-likeness (QED) is 0.352. The highest BCUT2D eigenvalue weighted by Crippen LogP contribution is 2.39. The van der Waals surface area contributed by atoms with Crippen molar-refractivity contribution >= 4 is 0 Å². The molecule has 0 saturated heterocycles. The van der Waals surface area contributed by atoms with Gasteiger partial charge in [0.15, 0.2) is 11.6 Å². The van der Waals surface area contributed by atoms with E-state index in [-0.39, 0.29) is 5.92 Å². The van der Waals surface area contributed by atoms with Crippen molar-refractivity contribution in [1.82, 2.24) is 0 Å². The normalized spacial score (nSPS) is 21.1. The van der Waals surface area contributed by atoms with Gasteiger partial charge in [0.25, 0.3) is 0 Å². The number of ether oxygens (including phenoxy) is 1. The lowest BCUT2D eigenvalue weighted by atomic mass is 9.73. The minimum Gasteiger partial charge on any atom is -0.403 e. The monoisotopic (exact) mass is 432 g/mol. The summed E-state index contributed by atoms with van der Waals surface area (Å²) in [5.41, 5.74) is 6.49. The first-order valence-corrected chi connectivity index (χ1v) is 11.1. The molecule has 0 spiro atoms. The van der Waals surface area contributed by atoms with Crippen LogP contribution in [0.3, 0.4) is 0 Å². The Balaban J connectivity index is 1.47. The van der Waals surface area contributed by atoms with Crippen LogP contribution in [0.1, 0.15) is 66.3 Å². The molecule has 2 aliphatic rings. The average Bonchev–Trinajstić information content (AvgIpc) is 2.74. The molecule has 0 heterocycles. The van der Waals surface area contributed by atoms with Crippen LogP contribution in [0.4, 0.5) is 17.6 Å². The summed E-state index contributed by atoms with van der Waals surface area (Å²) < 4.78 is 55.1. The topological polar surface area (TPSA) is 9.23 Å². The molecule has 0 saturated carbocycles. The van der Waals surface area contributed by atoms with E-state index in [1.54, 1.807) is 6.07 Å². The molecule has 0 fully saturated rings. The fourth-order valence-electron chi connectivity index (χ4n) is 5.25. The molecule has 5 heteroatoms. The zero-order valence-corrected chi connectivity index (χ0v) is 17.8. The summed E-state index contributed by atoms with van der Waals surface area (Å²) in [5, 5.41) is 0. The van der Waals surface area contributed by atoms with Gasteiger partial charge in [0.1, 0.15) is 0 Å². The summed E-state index contributed by atoms with van der Waals surface area (Å²) in [6, 6.07) is 8.33. The summed E-state index contributed by atoms with van der Waals surface area (Å²) in [5.74, 6) is -0.879. The number of allylic oxidation sites excluding steroid dienone is 2. The summed E-state index contributed by atoms with van der Waals surface area (Å²) in [7, 11) is 0. The molecule has 4 rings (SSSR count). The maximum atomic E-state index is 14.2. The van der Waals surface area contributed by atoms with Crippen LogP contribution >= 0.6 is 0 Å². The number of hydrogen-bond acceptors (Lipinski definition) is 1. The standard InChI is InChI=1S/C26H28F4O/c1-2-3-4-5-17-6-11-22-20(14-17)7-8-21-15-18(9-12-23(21)22)19-10-13-25(24(27)16-19)31-26(28,29)30/h2-3,7-8,10,13,16-18H,4-6,9,11-12,14-15H2,1H3/b3-2+. The first kappa shape index (κ1) is 21.9. The Bertz CT molecular complexity index is 961. The molecule has 2 aromatic carbocycles. The third kappa shape index (κ3) is 5.13. The van der Waals surface area contributed by atoms with Crippen LogP contribution in [-0.4, -0.2) is 6.36 Å². The molecule has 0 bridgehead atoms. The van der Waals surface area contributed by atoms with Crippen molar-refractivity contribution in [2.24, 2.45) is 5.92 Å². The Kier molecular flexibility index (Phi) is 6.40. The van der Waals surface area contributed by atoms with E-state index in [9.17, 15) is 17.6 Å². The lowest BCUT2D eigenvalue weighted by Gasteiger charge is -2.32. The number of fused-ring (bicyclic) bond motifs is 3. The molecule has 1 nitrogen and oxygen atoms in total. The number of halogens is 4. The fourth-order valence-corrected chi connectivity index (χ4v) is 5.25. The second-order valence-electron chi connectivity index (χ2n) is 8.77. The molecule has 0 amide bonds. The smallest absolute Gasteiger partial charge is 0.403 e. The number of hydrogen-bond donors (Lipinski definition) is 0. The van der Waals surface area contributed by atoms with Crippen molar-refractivity contribution in [3.63, 3.8) is 0 Å². The lowest BCUT2D eigenvalue weighted by Crippen LogP contribution is -2.21. The highest BCUT2D eigenvalue weighted by atomic mass is 19.4. The van der Waals surface area contributed by atoms with Gasteiger partial charge in [-0.05, 0) is 110 Å². The molecule has 31 heavy (non-hydrogen) atoms. The predicted molar refractivity (Wildman–Crippen MR) is 114 cm³/mol. The van der Waals surface area contributed by atoms with E-state index in [1.165, 1.54) is 41.2 Å². The Labute approximate surface area is 181 Å². The summed E-state index contributed by atoms with van der Waals surface area (Å²) in [6.45, 7) is 2.06. The van der Waals surface area contributed by atoms with Crippen molar-refractivity contribution in [1.29, 1.82) is 0 Å². The van der Waals surface area contributed by atoms with Crippen molar-refractivity contribution in [2.75, 3.05) is 0 Å². The lowest BCUT2D eigenvalue weighted by molar-refractivity contribution is -0.275. The molecule has 0 aromatic heterocycles. The van der Waals surface area contributed by atoms with Crippen LogP contribution < -0.4 is 4.74 Å². The SMILES string of the molecule is C/C=C/CCC1CCc2c(ccc3c2CCC(c2ccc(OC(F)(F)F)c(F)c2)C3)C1. The summed E-state index contributed by atoms with van der Waals surface area (Å²) in [4.78, 5) is 0. The third-order valence-electron chi connectivity index (χ3n) is 6.78. The minimum absolute atomic E-state index is 0.108. The summed E-state index contributed by atoms with van der Waals surface area (Å²) in [6.07, 6.45) is 7.98. The van der Waals surface area contributed by atoms with E-state index in [1.807, 2.05) is 0 Å². The van der Waals surface area contributed by atoms with Crippen LogP contribution in [0.5, 0.6) is 5.75 Å². The minimum atomic E-state index is -4.89. The van der Waals surface area contributed by atoms with E-state index in [4.69, 9.17) is 0 Å². The number of rotatable bonds is 5. The Hall–Kier alpha value is -2.30. The molecular formula is C26H28F4O. The van der Waals surface area contributed by atoms with E-state index >= 15 is 0 Å². The van der Waals surface area contributed by atoms with Gasteiger partial charge >= 0.3 is 6.36 Å². The highest BCUT2D eigenvalue weighted by Gasteiger charge is 2.33. The molecule has 166 valence electrons. The van der Waals surface area contributed by atoms with Crippen LogP contribution in [-0.2, 0) is 25.7 Å². The van der Waals surface area contributed by atoms with E-state index in [0.29, 0.717) is 0 Å². The Morgan fingerprint density at radius 3 is 2.39 bits per heavy atom. The van der Waals surface area contributed by atoms with E-state index in [0.717, 1.165) is 56.1 Å². The molecule has 0 radical (unpaired) electrons. The Morgan fingerprint density at radius 1 is 1.00 bits per heavy atom. The molecular weight excluding hydrogens is 404 g/mol. The van der Waals surface area contributed by atoms with Crippen LogP contribution in [0, 0.1) is 11.7 Å². The number of alkyl halides is 3. The van der Waals surface area contributed by atoms with Gasteiger partial charge in [0.05, 0.1) is 0 Å². The van der Waals surface area contributed by atoms with Crippen molar-refractivity contribution < 1.29 is 22.3 Å². The van der Waals surface area contributed by atoms with Gasteiger partial charge in [-0.3, -0.25) is 0 Å². The molecule has 2 aromatic rings. The van der Waals surface area contributed by atoms with Crippen LogP contribution in [0.2, 0.25) is 0 Å². The molecule has 0 aliphatic heterocycles. The second-order valence-corrected chi connectivity index (χ2v) is 8.77. The predicted octanol–water partition coefficient (Wildman–Crippen LogP) is 7.46. The Morgan fingerprint density at radius 2 is 1.71 bits per heavy atom. The van der Waals surface area contributed by atoms with Crippen molar-refractivity contribution in [3.05, 3.63) is 76.1 Å². The maximum Gasteiger partial charge on any atom is 0.573 e. The number of benzene rings is 2. The largest absolute Gasteiger partial charge is 0.573 e. The zero-order chi connectivity index (χ0) is 22.0. The van der Waals surface area contributed by atoms with Gasteiger partial charge in [0, 0.05) is 0 Å². The molecule has 0 N–H and O–H groups in total. The second kappa shape index (κ2) is 9.05. The third-order valence-corrected chi connectivity index (χ3v) is 6.78. The van der Waals surface area contributed by atoms with Crippen molar-refractivity contribution in [3.8, 4) is 5.75 Å². The fraction of sp³-hybridized carbons (Fsp3) is 0.462. The summed E-state index contributed by atoms with van der Waals surface area (Å²) >= 11 is 0. The first-order valence-electron chi connectivity index (χ1n) is 11.1.